The Labute approximate surface area is 156 Å². The van der Waals surface area contributed by atoms with Crippen molar-refractivity contribution in [2.45, 2.75) is 25.8 Å². The zero-order valence-corrected chi connectivity index (χ0v) is 15.1. The molecule has 2 heterocycles. The van der Waals surface area contributed by atoms with E-state index in [4.69, 9.17) is 0 Å². The number of nitrogens with one attached hydrogen (secondary N) is 2. The fourth-order valence-electron chi connectivity index (χ4n) is 2.96. The number of fused-ring (bicyclic) bond motifs is 1. The van der Waals surface area contributed by atoms with E-state index in [2.05, 4.69) is 20.7 Å². The van der Waals surface area contributed by atoms with E-state index < -0.39 is 5.97 Å². The summed E-state index contributed by atoms with van der Waals surface area (Å²) in [5, 5.41) is 20.6. The predicted molar refractivity (Wildman–Crippen MR) is 102 cm³/mol. The molecular weight excluding hydrogens is 349 g/mol. The van der Waals surface area contributed by atoms with Crippen LogP contribution >= 0.6 is 0 Å². The highest BCUT2D eigenvalue weighted by atomic mass is 19.1. The van der Waals surface area contributed by atoms with Crippen molar-refractivity contribution in [3.63, 3.8) is 0 Å². The maximum atomic E-state index is 13.8. The van der Waals surface area contributed by atoms with Crippen LogP contribution in [0, 0.1) is 5.82 Å². The number of aromatic carboxylic acids is 1. The van der Waals surface area contributed by atoms with Gasteiger partial charge in [0, 0.05) is 18.1 Å². The fourth-order valence-corrected chi connectivity index (χ4v) is 2.96. The van der Waals surface area contributed by atoms with Crippen molar-refractivity contribution in [2.24, 2.45) is 0 Å². The third-order valence-corrected chi connectivity index (χ3v) is 4.31. The Balaban J connectivity index is 1.89. The third-order valence-electron chi connectivity index (χ3n) is 4.31. The summed E-state index contributed by atoms with van der Waals surface area (Å²) in [6.45, 7) is 1.67. The number of nitrogens with zero attached hydrogens (tertiary/aromatic N) is 3. The minimum atomic E-state index is -1.07. The molecular formula is C19H22FN5O2. The van der Waals surface area contributed by atoms with Crippen LogP contribution in [0.2, 0.25) is 0 Å². The van der Waals surface area contributed by atoms with E-state index in [9.17, 15) is 14.3 Å². The number of carboxylic acids is 1. The quantitative estimate of drug-likeness (QED) is 0.499. The van der Waals surface area contributed by atoms with E-state index >= 15 is 0 Å². The molecule has 3 aromatic rings. The summed E-state index contributed by atoms with van der Waals surface area (Å²) in [7, 11) is 1.93. The second kappa shape index (κ2) is 8.59. The topological polar surface area (TPSA) is 92.1 Å². The van der Waals surface area contributed by atoms with Gasteiger partial charge in [0.25, 0.3) is 0 Å². The van der Waals surface area contributed by atoms with Crippen LogP contribution in [0.5, 0.6) is 0 Å². The fraction of sp³-hybridized carbons (Fsp3) is 0.316. The lowest BCUT2D eigenvalue weighted by molar-refractivity contribution is 0.0698. The minimum absolute atomic E-state index is 0.0798. The number of rotatable bonds is 9. The molecule has 0 amide bonds. The molecule has 0 atom stereocenters. The number of hydrogen-bond acceptors (Lipinski definition) is 5. The molecule has 3 rings (SSSR count). The second-order valence-electron chi connectivity index (χ2n) is 6.25. The van der Waals surface area contributed by atoms with Crippen molar-refractivity contribution in [1.82, 2.24) is 20.1 Å². The molecule has 0 aliphatic heterocycles. The Morgan fingerprint density at radius 2 is 2.11 bits per heavy atom. The van der Waals surface area contributed by atoms with Gasteiger partial charge >= 0.3 is 5.97 Å². The standard InChI is InChI=1S/C19H22FN5O2/c1-21-8-3-2-4-10-25-17-6-5-13(20)11-15(17)18(24-25)23-16-12-22-9-7-14(16)19(26)27/h5-7,9,11-12,21H,2-4,8,10H2,1H3,(H,23,24)(H,26,27). The smallest absolute Gasteiger partial charge is 0.337 e. The number of hydrogen-bond donors (Lipinski definition) is 3. The van der Waals surface area contributed by atoms with Crippen LogP contribution in [-0.2, 0) is 6.54 Å². The first-order chi connectivity index (χ1) is 13.1. The van der Waals surface area contributed by atoms with Gasteiger partial charge in [-0.3, -0.25) is 9.67 Å². The monoisotopic (exact) mass is 371 g/mol. The van der Waals surface area contributed by atoms with Crippen molar-refractivity contribution in [3.05, 3.63) is 48.0 Å². The van der Waals surface area contributed by atoms with Gasteiger partial charge in [-0.25, -0.2) is 9.18 Å². The molecule has 0 saturated heterocycles. The molecule has 0 fully saturated rings. The Bertz CT molecular complexity index is 941. The van der Waals surface area contributed by atoms with Crippen molar-refractivity contribution >= 4 is 28.4 Å². The Hall–Kier alpha value is -3.00. The first-order valence-electron chi connectivity index (χ1n) is 8.85. The summed E-state index contributed by atoms with van der Waals surface area (Å²) < 4.78 is 15.6. The highest BCUT2D eigenvalue weighted by molar-refractivity contribution is 5.97. The van der Waals surface area contributed by atoms with Crippen molar-refractivity contribution < 1.29 is 14.3 Å². The van der Waals surface area contributed by atoms with E-state index in [0.717, 1.165) is 31.3 Å². The SMILES string of the molecule is CNCCCCCn1nc(Nc2cnccc2C(=O)O)c2cc(F)ccc21. The van der Waals surface area contributed by atoms with E-state index in [1.165, 1.54) is 30.6 Å². The van der Waals surface area contributed by atoms with E-state index in [0.29, 0.717) is 23.4 Å². The van der Waals surface area contributed by atoms with Gasteiger partial charge in [0.1, 0.15) is 5.82 Å². The first kappa shape index (κ1) is 18.8. The van der Waals surface area contributed by atoms with Crippen LogP contribution in [-0.4, -0.2) is 39.4 Å². The molecule has 1 aromatic carbocycles. The number of halogens is 1. The zero-order chi connectivity index (χ0) is 19.2. The van der Waals surface area contributed by atoms with E-state index in [1.54, 1.807) is 6.07 Å². The van der Waals surface area contributed by atoms with Gasteiger partial charge in [0.2, 0.25) is 0 Å². The van der Waals surface area contributed by atoms with Crippen LogP contribution in [0.15, 0.2) is 36.7 Å². The van der Waals surface area contributed by atoms with Crippen LogP contribution in [0.25, 0.3) is 10.9 Å². The molecule has 2 aromatic heterocycles. The van der Waals surface area contributed by atoms with Crippen molar-refractivity contribution in [3.8, 4) is 0 Å². The van der Waals surface area contributed by atoms with Gasteiger partial charge in [-0.2, -0.15) is 5.10 Å². The molecule has 0 radical (unpaired) electrons. The maximum Gasteiger partial charge on any atom is 0.337 e. The average Bonchev–Trinajstić information content (AvgIpc) is 2.98. The molecule has 0 aliphatic carbocycles. The average molecular weight is 371 g/mol. The number of benzene rings is 1. The number of pyridine rings is 1. The van der Waals surface area contributed by atoms with Gasteiger partial charge in [-0.05, 0) is 50.7 Å². The number of carboxylic acid groups (broad SMARTS) is 1. The molecule has 0 aliphatic rings. The first-order valence-corrected chi connectivity index (χ1v) is 8.85. The largest absolute Gasteiger partial charge is 0.478 e. The summed E-state index contributed by atoms with van der Waals surface area (Å²) in [4.78, 5) is 15.4. The zero-order valence-electron chi connectivity index (χ0n) is 15.1. The molecule has 0 saturated carbocycles. The Kier molecular flexibility index (Phi) is 5.97. The van der Waals surface area contributed by atoms with Crippen molar-refractivity contribution in [2.75, 3.05) is 18.9 Å². The van der Waals surface area contributed by atoms with Crippen LogP contribution in [0.4, 0.5) is 15.9 Å². The number of aromatic nitrogens is 3. The molecule has 8 heteroatoms. The molecule has 0 spiro atoms. The maximum absolute atomic E-state index is 13.8. The summed E-state index contributed by atoms with van der Waals surface area (Å²) in [6, 6.07) is 5.90. The second-order valence-corrected chi connectivity index (χ2v) is 6.25. The number of carbonyl (C=O) groups is 1. The lowest BCUT2D eigenvalue weighted by Crippen LogP contribution is -2.08. The number of unbranched alkanes of at least 4 members (excludes halogenated alkanes) is 2. The summed E-state index contributed by atoms with van der Waals surface area (Å²) in [6.07, 6.45) is 5.91. The van der Waals surface area contributed by atoms with Crippen LogP contribution in [0.1, 0.15) is 29.6 Å². The molecule has 7 nitrogen and oxygen atoms in total. The van der Waals surface area contributed by atoms with Gasteiger partial charge in [-0.1, -0.05) is 6.42 Å². The molecule has 27 heavy (non-hydrogen) atoms. The highest BCUT2D eigenvalue weighted by Gasteiger charge is 2.15. The highest BCUT2D eigenvalue weighted by Crippen LogP contribution is 2.28. The summed E-state index contributed by atoms with van der Waals surface area (Å²) in [5.74, 6) is -1.03. The number of aryl methyl sites for hydroxylation is 1. The van der Waals surface area contributed by atoms with Gasteiger partial charge in [0.15, 0.2) is 5.82 Å². The summed E-state index contributed by atoms with van der Waals surface area (Å²) >= 11 is 0. The molecule has 3 N–H and O–H groups in total. The van der Waals surface area contributed by atoms with E-state index in [1.807, 2.05) is 11.7 Å². The lowest BCUT2D eigenvalue weighted by atomic mass is 10.2. The summed E-state index contributed by atoms with van der Waals surface area (Å²) in [5.41, 5.74) is 1.19. The Morgan fingerprint density at radius 3 is 2.89 bits per heavy atom. The lowest BCUT2D eigenvalue weighted by Gasteiger charge is -2.06. The van der Waals surface area contributed by atoms with Gasteiger partial charge in [-0.15, -0.1) is 0 Å². The van der Waals surface area contributed by atoms with Crippen LogP contribution < -0.4 is 10.6 Å². The normalized spacial score (nSPS) is 11.0. The minimum Gasteiger partial charge on any atom is -0.478 e. The third kappa shape index (κ3) is 4.40. The van der Waals surface area contributed by atoms with Crippen molar-refractivity contribution in [1.29, 1.82) is 0 Å². The Morgan fingerprint density at radius 1 is 1.26 bits per heavy atom. The van der Waals surface area contributed by atoms with Crippen LogP contribution in [0.3, 0.4) is 0 Å². The van der Waals surface area contributed by atoms with Gasteiger partial charge in [0.05, 0.1) is 23.0 Å². The number of anilines is 2. The molecule has 0 unspecified atom stereocenters. The predicted octanol–water partition coefficient (Wildman–Crippen LogP) is 3.40. The van der Waals surface area contributed by atoms with Gasteiger partial charge < -0.3 is 15.7 Å². The van der Waals surface area contributed by atoms with E-state index in [-0.39, 0.29) is 11.4 Å². The molecule has 0 bridgehead atoms. The molecule has 142 valence electrons.